The zero-order valence-electron chi connectivity index (χ0n) is 26.1. The molecule has 5 heteroatoms. The summed E-state index contributed by atoms with van der Waals surface area (Å²) in [5.41, 5.74) is 6.18. The molecule has 42 heavy (non-hydrogen) atoms. The Balaban J connectivity index is 0.00000405. The van der Waals surface area contributed by atoms with E-state index in [1.807, 2.05) is 24.4 Å². The van der Waals surface area contributed by atoms with E-state index in [2.05, 4.69) is 133 Å². The normalized spacial score (nSPS) is 12.2. The number of nitrogens with zero attached hydrogens (tertiary/aromatic N) is 2. The number of pyridine rings is 2. The first kappa shape index (κ1) is 31.9. The Morgan fingerprint density at radius 1 is 0.714 bits per heavy atom. The largest absolute Gasteiger partial charge is 2.00 e. The Labute approximate surface area is 267 Å². The molecule has 2 heterocycles. The van der Waals surface area contributed by atoms with Gasteiger partial charge in [0, 0.05) is 17.6 Å². The Morgan fingerprint density at radius 2 is 1.45 bits per heavy atom. The molecule has 0 aliphatic heterocycles. The Hall–Kier alpha value is -3.07. The van der Waals surface area contributed by atoms with E-state index in [4.69, 9.17) is 9.72 Å². The average Bonchev–Trinajstić information content (AvgIpc) is 2.91. The van der Waals surface area contributed by atoms with Gasteiger partial charge >= 0.3 is 21.1 Å². The van der Waals surface area contributed by atoms with Gasteiger partial charge in [0.1, 0.15) is 0 Å². The van der Waals surface area contributed by atoms with Crippen LogP contribution >= 0.6 is 0 Å². The second-order valence-electron chi connectivity index (χ2n) is 13.9. The topological polar surface area (TPSA) is 35.0 Å². The molecule has 0 N–H and O–H groups in total. The number of hydrogen-bond acceptors (Lipinski definition) is 3. The molecule has 0 aliphatic carbocycles. The molecule has 0 saturated heterocycles. The van der Waals surface area contributed by atoms with Crippen molar-refractivity contribution in [1.29, 1.82) is 0 Å². The fourth-order valence-corrected chi connectivity index (χ4v) is 6.06. The van der Waals surface area contributed by atoms with Crippen LogP contribution in [0.15, 0.2) is 79.0 Å². The van der Waals surface area contributed by atoms with Crippen molar-refractivity contribution in [2.24, 2.45) is 0 Å². The summed E-state index contributed by atoms with van der Waals surface area (Å²) in [5, 5.41) is 3.62. The van der Waals surface area contributed by atoms with Crippen molar-refractivity contribution in [2.45, 2.75) is 72.0 Å². The molecule has 0 radical (unpaired) electrons. The van der Waals surface area contributed by atoms with Crippen LogP contribution in [0.2, 0.25) is 19.6 Å². The predicted molar refractivity (Wildman–Crippen MR) is 175 cm³/mol. The number of rotatable bonds is 5. The molecule has 3 aromatic carbocycles. The van der Waals surface area contributed by atoms with Crippen LogP contribution in [0.25, 0.3) is 33.3 Å². The van der Waals surface area contributed by atoms with Gasteiger partial charge in [0.15, 0.2) is 0 Å². The van der Waals surface area contributed by atoms with E-state index < -0.39 is 8.07 Å². The number of fused-ring (bicyclic) bond motifs is 1. The molecule has 0 spiro atoms. The van der Waals surface area contributed by atoms with Gasteiger partial charge in [0.2, 0.25) is 5.88 Å². The first-order valence-corrected chi connectivity index (χ1v) is 17.8. The molecule has 0 amide bonds. The van der Waals surface area contributed by atoms with E-state index in [1.165, 1.54) is 21.7 Å². The van der Waals surface area contributed by atoms with E-state index in [0.29, 0.717) is 11.6 Å². The van der Waals surface area contributed by atoms with Gasteiger partial charge in [-0.15, -0.1) is 52.9 Å². The maximum Gasteiger partial charge on any atom is 2.00 e. The van der Waals surface area contributed by atoms with Crippen LogP contribution in [0, 0.1) is 12.1 Å². The second kappa shape index (κ2) is 11.9. The summed E-state index contributed by atoms with van der Waals surface area (Å²) in [4.78, 5) is 9.65. The summed E-state index contributed by atoms with van der Waals surface area (Å²) in [6, 6.07) is 32.3. The van der Waals surface area contributed by atoms with Gasteiger partial charge in [0.25, 0.3) is 0 Å². The first-order chi connectivity index (χ1) is 19.2. The van der Waals surface area contributed by atoms with Crippen LogP contribution in [-0.2, 0) is 31.9 Å². The van der Waals surface area contributed by atoms with Crippen LogP contribution in [-0.4, -0.2) is 18.0 Å². The number of ether oxygens (including phenoxy) is 1. The number of benzene rings is 3. The zero-order chi connectivity index (χ0) is 29.6. The SMILES string of the molecule is CC(C)(C)c1ccnc(-c2[c-]c(Oc3cc([Si](C)(C)C)cc(-c4[c-]c5ccccc5c(C(C)(C)C)c4)n3)ccc2)c1.[Pt+2]. The quantitative estimate of drug-likeness (QED) is 0.133. The summed E-state index contributed by atoms with van der Waals surface area (Å²) < 4.78 is 6.43. The molecule has 0 atom stereocenters. The zero-order valence-corrected chi connectivity index (χ0v) is 29.4. The van der Waals surface area contributed by atoms with Crippen LogP contribution < -0.4 is 9.92 Å². The third-order valence-electron chi connectivity index (χ3n) is 7.41. The molecule has 0 aliphatic rings. The van der Waals surface area contributed by atoms with Crippen LogP contribution in [0.4, 0.5) is 0 Å². The van der Waals surface area contributed by atoms with E-state index in [9.17, 15) is 0 Å². The third-order valence-corrected chi connectivity index (χ3v) is 9.43. The van der Waals surface area contributed by atoms with Crippen molar-refractivity contribution >= 4 is 24.0 Å². The van der Waals surface area contributed by atoms with E-state index in [1.54, 1.807) is 0 Å². The molecule has 0 unspecified atom stereocenters. The monoisotopic (exact) mass is 751 g/mol. The summed E-state index contributed by atoms with van der Waals surface area (Å²) in [5.74, 6) is 1.19. The molecule has 5 rings (SSSR count). The fourth-order valence-electron chi connectivity index (χ4n) is 4.93. The maximum absolute atomic E-state index is 6.43. The van der Waals surface area contributed by atoms with Gasteiger partial charge in [-0.25, -0.2) is 0 Å². The van der Waals surface area contributed by atoms with E-state index in [-0.39, 0.29) is 31.9 Å². The summed E-state index contributed by atoms with van der Waals surface area (Å²) in [6.45, 7) is 20.4. The van der Waals surface area contributed by atoms with Crippen molar-refractivity contribution < 1.29 is 25.8 Å². The maximum atomic E-state index is 6.43. The second-order valence-corrected chi connectivity index (χ2v) is 19.0. The van der Waals surface area contributed by atoms with Crippen LogP contribution in [0.5, 0.6) is 11.6 Å². The van der Waals surface area contributed by atoms with Crippen molar-refractivity contribution in [1.82, 2.24) is 9.97 Å². The van der Waals surface area contributed by atoms with E-state index in [0.717, 1.165) is 27.9 Å². The average molecular weight is 752 g/mol. The minimum absolute atomic E-state index is 0. The third kappa shape index (κ3) is 7.10. The Morgan fingerprint density at radius 3 is 2.14 bits per heavy atom. The van der Waals surface area contributed by atoms with Crippen molar-refractivity contribution in [3.8, 4) is 34.1 Å². The molecule has 2 aromatic heterocycles. The summed E-state index contributed by atoms with van der Waals surface area (Å²) >= 11 is 0. The van der Waals surface area contributed by atoms with Gasteiger partial charge in [-0.05, 0) is 34.2 Å². The molecule has 218 valence electrons. The smallest absolute Gasteiger partial charge is 0.459 e. The predicted octanol–water partition coefficient (Wildman–Crippen LogP) is 9.49. The molecule has 3 nitrogen and oxygen atoms in total. The van der Waals surface area contributed by atoms with Gasteiger partial charge in [0.05, 0.1) is 8.07 Å². The molecule has 0 bridgehead atoms. The molecule has 0 saturated carbocycles. The fraction of sp³-hybridized carbons (Fsp3) is 0.297. The van der Waals surface area contributed by atoms with Crippen molar-refractivity contribution in [3.63, 3.8) is 0 Å². The van der Waals surface area contributed by atoms with Crippen molar-refractivity contribution in [3.05, 3.63) is 102 Å². The van der Waals surface area contributed by atoms with Gasteiger partial charge in [-0.2, -0.15) is 0 Å². The summed E-state index contributed by atoms with van der Waals surface area (Å²) in [6.07, 6.45) is 1.87. The number of aromatic nitrogens is 2. The molecule has 5 aromatic rings. The molecular formula is C37H40N2OPtSi. The van der Waals surface area contributed by atoms with Gasteiger partial charge < -0.3 is 9.72 Å². The van der Waals surface area contributed by atoms with Crippen LogP contribution in [0.3, 0.4) is 0 Å². The van der Waals surface area contributed by atoms with Crippen LogP contribution in [0.1, 0.15) is 52.7 Å². The minimum atomic E-state index is -1.69. The van der Waals surface area contributed by atoms with Gasteiger partial charge in [-0.3, -0.25) is 4.98 Å². The standard InChI is InChI=1S/C37H40N2OSi.Pt/c1-36(2,3)28-17-18-38-33(22-28)26-14-12-15-29(20-26)40-35-24-30(41(7,8)9)23-34(39-35)27-19-25-13-10-11-16-31(25)32(21-27)37(4,5)6;/h10-18,21-24H,1-9H3;/q-2;+2. The Kier molecular flexibility index (Phi) is 9.02. The summed E-state index contributed by atoms with van der Waals surface area (Å²) in [7, 11) is -1.69. The number of hydrogen-bond donors (Lipinski definition) is 0. The van der Waals surface area contributed by atoms with E-state index >= 15 is 0 Å². The Bertz CT molecular complexity index is 1730. The molecular weight excluding hydrogens is 712 g/mol. The first-order valence-electron chi connectivity index (χ1n) is 14.3. The van der Waals surface area contributed by atoms with Gasteiger partial charge in [-0.1, -0.05) is 114 Å². The van der Waals surface area contributed by atoms with Crippen molar-refractivity contribution in [2.75, 3.05) is 0 Å². The minimum Gasteiger partial charge on any atom is -0.459 e. The molecule has 0 fully saturated rings.